The molecule has 0 bridgehead atoms. The van der Waals surface area contributed by atoms with E-state index >= 15 is 0 Å². The molecule has 3 rings (SSSR count). The van der Waals surface area contributed by atoms with E-state index in [9.17, 15) is 15.3 Å². The summed E-state index contributed by atoms with van der Waals surface area (Å²) in [6.45, 7) is 13.2. The van der Waals surface area contributed by atoms with Crippen LogP contribution in [0.1, 0.15) is 91.9 Å². The first-order chi connectivity index (χ1) is 16.5. The summed E-state index contributed by atoms with van der Waals surface area (Å²) in [4.78, 5) is 0. The molecule has 0 aromatic rings. The van der Waals surface area contributed by atoms with E-state index in [2.05, 4.69) is 32.6 Å². The first kappa shape index (κ1) is 28.6. The monoisotopic (exact) mass is 490 g/mol. The van der Waals surface area contributed by atoms with Gasteiger partial charge in [-0.25, -0.2) is 0 Å². The van der Waals surface area contributed by atoms with Crippen LogP contribution in [-0.2, 0) is 4.74 Å². The van der Waals surface area contributed by atoms with E-state index in [0.29, 0.717) is 42.3 Å². The number of hydrogen-bond donors (Lipinski definition) is 4. The maximum atomic E-state index is 10.7. The maximum Gasteiger partial charge on any atom is 0.114 e. The topological polar surface area (TPSA) is 90.2 Å². The van der Waals surface area contributed by atoms with Gasteiger partial charge in [-0.15, -0.1) is 0 Å². The molecule has 0 radical (unpaired) electrons. The summed E-state index contributed by atoms with van der Waals surface area (Å²) < 4.78 is 5.63. The van der Waals surface area contributed by atoms with E-state index in [-0.39, 0.29) is 6.61 Å². The van der Waals surface area contributed by atoms with Crippen LogP contribution >= 0.6 is 0 Å². The van der Waals surface area contributed by atoms with Crippen molar-refractivity contribution < 1.29 is 25.2 Å². The average Bonchev–Trinajstić information content (AvgIpc) is 3.14. The number of hydrogen-bond acceptors (Lipinski definition) is 5. The second-order valence-electron chi connectivity index (χ2n) is 12.4. The highest BCUT2D eigenvalue weighted by Gasteiger charge is 2.50. The zero-order chi connectivity index (χ0) is 25.8. The van der Waals surface area contributed by atoms with Crippen LogP contribution in [0.3, 0.4) is 0 Å². The lowest BCUT2D eigenvalue weighted by atomic mass is 9.60. The third-order valence-electron chi connectivity index (χ3n) is 9.17. The van der Waals surface area contributed by atoms with Crippen LogP contribution in [0.15, 0.2) is 35.5 Å². The summed E-state index contributed by atoms with van der Waals surface area (Å²) >= 11 is 0. The minimum atomic E-state index is -0.931. The highest BCUT2D eigenvalue weighted by atomic mass is 16.5. The predicted octanol–water partition coefficient (Wildman–Crippen LogP) is 5.08. The lowest BCUT2D eigenvalue weighted by molar-refractivity contribution is -0.0968. The van der Waals surface area contributed by atoms with Crippen LogP contribution in [0, 0.1) is 23.2 Å². The highest BCUT2D eigenvalue weighted by Crippen LogP contribution is 2.60. The molecule has 0 amide bonds. The molecule has 3 aliphatic rings. The molecule has 3 fully saturated rings. The second kappa shape index (κ2) is 12.0. The van der Waals surface area contributed by atoms with Crippen molar-refractivity contribution in [2.24, 2.45) is 23.2 Å². The van der Waals surface area contributed by atoms with Gasteiger partial charge in [-0.2, -0.15) is 0 Å². The van der Waals surface area contributed by atoms with Gasteiger partial charge in [0.2, 0.25) is 0 Å². The van der Waals surface area contributed by atoms with Crippen molar-refractivity contribution in [3.63, 3.8) is 0 Å². The Morgan fingerprint density at radius 2 is 1.94 bits per heavy atom. The zero-order valence-corrected chi connectivity index (χ0v) is 22.5. The Morgan fingerprint density at radius 3 is 2.63 bits per heavy atom. The Morgan fingerprint density at radius 1 is 1.20 bits per heavy atom. The minimum absolute atomic E-state index is 0.0269. The molecule has 0 aromatic heterocycles. The number of fused-ring (bicyclic) bond motifs is 1. The van der Waals surface area contributed by atoms with Crippen LogP contribution in [0.4, 0.5) is 0 Å². The SMILES string of the molecule is C=C1/C(=C\C=C2/CCC[C@]3(C)[C@@H]2CC[C@@H]3[C@H](C)CCCC(C)(C)O)C[C@H](O)[C@H](OCCCO)[C@@H]1O. The highest BCUT2D eigenvalue weighted by molar-refractivity contribution is 5.40. The molecular formula is C30H50O5. The first-order valence-electron chi connectivity index (χ1n) is 13.9. The normalized spacial score (nSPS) is 37.1. The molecule has 0 aromatic carbocycles. The predicted molar refractivity (Wildman–Crippen MR) is 141 cm³/mol. The van der Waals surface area contributed by atoms with Gasteiger partial charge in [0, 0.05) is 19.6 Å². The van der Waals surface area contributed by atoms with Gasteiger partial charge in [0.1, 0.15) is 12.2 Å². The number of ether oxygens (including phenoxy) is 1. The molecule has 3 saturated carbocycles. The van der Waals surface area contributed by atoms with Crippen molar-refractivity contribution in [1.82, 2.24) is 0 Å². The largest absolute Gasteiger partial charge is 0.396 e. The minimum Gasteiger partial charge on any atom is -0.396 e. The summed E-state index contributed by atoms with van der Waals surface area (Å²) in [5, 5.41) is 40.4. The Labute approximate surface area is 213 Å². The summed E-state index contributed by atoms with van der Waals surface area (Å²) in [5.74, 6) is 1.98. The quantitative estimate of drug-likeness (QED) is 0.321. The van der Waals surface area contributed by atoms with Crippen molar-refractivity contribution in [3.8, 4) is 0 Å². The van der Waals surface area contributed by atoms with E-state index in [0.717, 1.165) is 30.8 Å². The fraction of sp³-hybridized carbons (Fsp3) is 0.800. The summed E-state index contributed by atoms with van der Waals surface area (Å²) in [6.07, 6.45) is 12.1. The lowest BCUT2D eigenvalue weighted by Crippen LogP contribution is -2.45. The van der Waals surface area contributed by atoms with Gasteiger partial charge < -0.3 is 25.2 Å². The van der Waals surface area contributed by atoms with E-state index in [1.807, 2.05) is 13.8 Å². The molecule has 35 heavy (non-hydrogen) atoms. The van der Waals surface area contributed by atoms with Gasteiger partial charge in [0.05, 0.1) is 11.7 Å². The molecule has 0 aliphatic heterocycles. The Balaban J connectivity index is 1.67. The Kier molecular flexibility index (Phi) is 9.84. The van der Waals surface area contributed by atoms with Gasteiger partial charge in [0.15, 0.2) is 0 Å². The number of allylic oxidation sites excluding steroid dienone is 3. The molecule has 0 saturated heterocycles. The third-order valence-corrected chi connectivity index (χ3v) is 9.17. The van der Waals surface area contributed by atoms with Crippen molar-refractivity contribution >= 4 is 0 Å². The molecule has 7 atom stereocenters. The van der Waals surface area contributed by atoms with Crippen LogP contribution in [0.25, 0.3) is 0 Å². The smallest absolute Gasteiger partial charge is 0.114 e. The second-order valence-corrected chi connectivity index (χ2v) is 12.4. The molecule has 5 nitrogen and oxygen atoms in total. The van der Waals surface area contributed by atoms with E-state index < -0.39 is 23.9 Å². The first-order valence-corrected chi connectivity index (χ1v) is 13.9. The van der Waals surface area contributed by atoms with Crippen LogP contribution in [0.5, 0.6) is 0 Å². The molecule has 5 heteroatoms. The number of aliphatic hydroxyl groups excluding tert-OH is 3. The number of aliphatic hydroxyl groups is 4. The molecule has 3 aliphatic carbocycles. The van der Waals surface area contributed by atoms with Crippen LogP contribution < -0.4 is 0 Å². The third kappa shape index (κ3) is 6.87. The summed E-state index contributed by atoms with van der Waals surface area (Å²) in [7, 11) is 0. The molecule has 0 unspecified atom stereocenters. The standard InChI is InChI=1S/C30H50O5/c1-20(9-6-15-29(3,4)34)24-13-14-25-22(10-7-16-30(24,25)5)11-12-23-19-26(32)28(27(33)21(23)2)35-18-8-17-31/h11-12,20,24-28,31-34H,2,6-10,13-19H2,1,3-5H3/b22-11+,23-12-/t20-,24-,25-,26+,27-,28+,30+/m1/s1. The fourth-order valence-corrected chi connectivity index (χ4v) is 7.21. The van der Waals surface area contributed by atoms with Gasteiger partial charge in [-0.3, -0.25) is 0 Å². The van der Waals surface area contributed by atoms with E-state index in [4.69, 9.17) is 9.84 Å². The maximum absolute atomic E-state index is 10.7. The Hall–Kier alpha value is -0.980. The van der Waals surface area contributed by atoms with Crippen LogP contribution in [-0.4, -0.2) is 57.6 Å². The van der Waals surface area contributed by atoms with E-state index in [1.54, 1.807) is 0 Å². The van der Waals surface area contributed by atoms with Gasteiger partial charge >= 0.3 is 0 Å². The molecule has 0 spiro atoms. The summed E-state index contributed by atoms with van der Waals surface area (Å²) in [6, 6.07) is 0. The molecule has 200 valence electrons. The van der Waals surface area contributed by atoms with Gasteiger partial charge in [-0.05, 0) is 93.1 Å². The van der Waals surface area contributed by atoms with Gasteiger partial charge in [-0.1, -0.05) is 51.0 Å². The van der Waals surface area contributed by atoms with Crippen molar-refractivity contribution in [3.05, 3.63) is 35.5 Å². The fourth-order valence-electron chi connectivity index (χ4n) is 7.21. The molecule has 4 N–H and O–H groups in total. The Bertz CT molecular complexity index is 778. The van der Waals surface area contributed by atoms with Gasteiger partial charge in [0.25, 0.3) is 0 Å². The average molecular weight is 491 g/mol. The van der Waals surface area contributed by atoms with Crippen molar-refractivity contribution in [2.75, 3.05) is 13.2 Å². The van der Waals surface area contributed by atoms with Crippen molar-refractivity contribution in [2.45, 2.75) is 116 Å². The van der Waals surface area contributed by atoms with E-state index in [1.165, 1.54) is 37.7 Å². The summed E-state index contributed by atoms with van der Waals surface area (Å²) in [5.41, 5.74) is 2.79. The zero-order valence-electron chi connectivity index (χ0n) is 22.5. The van der Waals surface area contributed by atoms with Crippen molar-refractivity contribution in [1.29, 1.82) is 0 Å². The molecular weight excluding hydrogens is 440 g/mol. The molecule has 0 heterocycles. The number of rotatable bonds is 10. The lowest BCUT2D eigenvalue weighted by Gasteiger charge is -2.44. The van der Waals surface area contributed by atoms with Crippen LogP contribution in [0.2, 0.25) is 0 Å².